The zero-order chi connectivity index (χ0) is 20.8. The van der Waals surface area contributed by atoms with E-state index in [0.29, 0.717) is 34.9 Å². The van der Waals surface area contributed by atoms with Gasteiger partial charge in [-0.2, -0.15) is 0 Å². The van der Waals surface area contributed by atoms with Crippen LogP contribution in [0.3, 0.4) is 0 Å². The Labute approximate surface area is 171 Å². The van der Waals surface area contributed by atoms with E-state index >= 15 is 0 Å². The molecule has 2 heterocycles. The number of carbonyl (C=O) groups excluding carboxylic acids is 2. The van der Waals surface area contributed by atoms with Gasteiger partial charge in [0.05, 0.1) is 32.9 Å². The zero-order valence-corrected chi connectivity index (χ0v) is 17.2. The first-order chi connectivity index (χ1) is 14.1. The Morgan fingerprint density at radius 3 is 2.38 bits per heavy atom. The molecule has 3 rings (SSSR count). The number of likely N-dealkylation sites (tertiary alicyclic amines) is 1. The molecule has 0 radical (unpaired) electrons. The number of nitrogens with zero attached hydrogens (tertiary/aromatic N) is 1. The number of nitrogens with one attached hydrogen (secondary N) is 2. The lowest BCUT2D eigenvalue weighted by Gasteiger charge is -2.32. The van der Waals surface area contributed by atoms with Crippen LogP contribution in [0.25, 0.3) is 0 Å². The minimum atomic E-state index is -0.641. The number of urea groups is 1. The van der Waals surface area contributed by atoms with E-state index in [1.165, 1.54) is 20.0 Å². The smallest absolute Gasteiger partial charge is 0.338 e. The number of hydrogen-bond donors (Lipinski definition) is 2. The normalized spacial score (nSPS) is 20.4. The SMILES string of the molecule is COC(=O)C1=C(CN2CCCCCC2)NC(=O)N[C@@H]1c1ccc(OC)c(OC)c1. The topological polar surface area (TPSA) is 89.1 Å². The largest absolute Gasteiger partial charge is 0.493 e. The van der Waals surface area contributed by atoms with Crippen molar-refractivity contribution in [1.29, 1.82) is 0 Å². The first-order valence-electron chi connectivity index (χ1n) is 9.90. The van der Waals surface area contributed by atoms with E-state index in [1.54, 1.807) is 26.4 Å². The van der Waals surface area contributed by atoms with E-state index in [1.807, 2.05) is 6.07 Å². The van der Waals surface area contributed by atoms with E-state index in [4.69, 9.17) is 14.2 Å². The lowest BCUT2D eigenvalue weighted by Crippen LogP contribution is -2.48. The van der Waals surface area contributed by atoms with Crippen molar-refractivity contribution in [2.45, 2.75) is 31.7 Å². The molecule has 1 atom stereocenters. The van der Waals surface area contributed by atoms with Crippen LogP contribution in [0.5, 0.6) is 11.5 Å². The van der Waals surface area contributed by atoms with E-state index < -0.39 is 12.0 Å². The summed E-state index contributed by atoms with van der Waals surface area (Å²) in [6.07, 6.45) is 4.65. The predicted molar refractivity (Wildman–Crippen MR) is 108 cm³/mol. The standard InChI is InChI=1S/C21H29N3O5/c1-27-16-9-8-14(12-17(16)28-2)19-18(20(25)29-3)15(22-21(26)23-19)13-24-10-6-4-5-7-11-24/h8-9,12,19H,4-7,10-11,13H2,1-3H3,(H2,22,23,26)/t19-/m1/s1. The van der Waals surface area contributed by atoms with Crippen LogP contribution in [0.15, 0.2) is 29.5 Å². The number of methoxy groups -OCH3 is 3. The van der Waals surface area contributed by atoms with Crippen molar-refractivity contribution in [2.24, 2.45) is 0 Å². The van der Waals surface area contributed by atoms with Crippen molar-refractivity contribution in [3.63, 3.8) is 0 Å². The quantitative estimate of drug-likeness (QED) is 0.709. The Hall–Kier alpha value is -2.74. The third-order valence-electron chi connectivity index (χ3n) is 5.38. The van der Waals surface area contributed by atoms with Crippen LogP contribution in [0, 0.1) is 0 Å². The van der Waals surface area contributed by atoms with Gasteiger partial charge in [0.2, 0.25) is 0 Å². The van der Waals surface area contributed by atoms with Gasteiger partial charge in [-0.3, -0.25) is 4.90 Å². The van der Waals surface area contributed by atoms with Crippen LogP contribution in [0.1, 0.15) is 37.3 Å². The Kier molecular flexibility index (Phi) is 6.98. The Morgan fingerprint density at radius 2 is 1.76 bits per heavy atom. The van der Waals surface area contributed by atoms with Gasteiger partial charge < -0.3 is 24.8 Å². The molecule has 0 unspecified atom stereocenters. The van der Waals surface area contributed by atoms with Crippen LogP contribution >= 0.6 is 0 Å². The Morgan fingerprint density at radius 1 is 1.07 bits per heavy atom. The number of esters is 1. The fraction of sp³-hybridized carbons (Fsp3) is 0.524. The van der Waals surface area contributed by atoms with Gasteiger partial charge >= 0.3 is 12.0 Å². The van der Waals surface area contributed by atoms with Crippen LogP contribution in [0.4, 0.5) is 4.79 Å². The summed E-state index contributed by atoms with van der Waals surface area (Å²) in [5, 5.41) is 5.67. The molecule has 8 nitrogen and oxygen atoms in total. The molecule has 0 spiro atoms. The number of ether oxygens (including phenoxy) is 3. The highest BCUT2D eigenvalue weighted by atomic mass is 16.5. The number of hydrogen-bond acceptors (Lipinski definition) is 6. The summed E-state index contributed by atoms with van der Waals surface area (Å²) in [6, 6.07) is 4.34. The summed E-state index contributed by atoms with van der Waals surface area (Å²) in [6.45, 7) is 2.40. The second kappa shape index (κ2) is 9.65. The maximum atomic E-state index is 12.7. The van der Waals surface area contributed by atoms with Crippen molar-refractivity contribution in [1.82, 2.24) is 15.5 Å². The molecule has 2 amide bonds. The van der Waals surface area contributed by atoms with Crippen molar-refractivity contribution in [3.8, 4) is 11.5 Å². The lowest BCUT2D eigenvalue weighted by atomic mass is 9.94. The molecule has 0 aromatic heterocycles. The molecule has 1 aromatic rings. The van der Waals surface area contributed by atoms with Gasteiger partial charge in [-0.25, -0.2) is 9.59 Å². The van der Waals surface area contributed by atoms with Crippen molar-refractivity contribution < 1.29 is 23.8 Å². The average molecular weight is 403 g/mol. The molecule has 2 N–H and O–H groups in total. The van der Waals surface area contributed by atoms with Gasteiger partial charge in [0, 0.05) is 12.2 Å². The second-order valence-corrected chi connectivity index (χ2v) is 7.22. The number of amides is 2. The predicted octanol–water partition coefficient (Wildman–Crippen LogP) is 2.36. The van der Waals surface area contributed by atoms with Gasteiger partial charge in [0.25, 0.3) is 0 Å². The van der Waals surface area contributed by atoms with Gasteiger partial charge in [-0.05, 0) is 43.6 Å². The third kappa shape index (κ3) is 4.82. The first-order valence-corrected chi connectivity index (χ1v) is 9.90. The summed E-state index contributed by atoms with van der Waals surface area (Å²) >= 11 is 0. The summed E-state index contributed by atoms with van der Waals surface area (Å²) < 4.78 is 15.7. The highest BCUT2D eigenvalue weighted by molar-refractivity contribution is 5.95. The van der Waals surface area contributed by atoms with E-state index in [2.05, 4.69) is 15.5 Å². The molecule has 8 heteroatoms. The summed E-state index contributed by atoms with van der Waals surface area (Å²) in [7, 11) is 4.45. The maximum absolute atomic E-state index is 12.7. The average Bonchev–Trinajstić information content (AvgIpc) is 3.01. The Bertz CT molecular complexity index is 785. The second-order valence-electron chi connectivity index (χ2n) is 7.22. The molecule has 2 aliphatic heterocycles. The fourth-order valence-corrected chi connectivity index (χ4v) is 3.89. The minimum absolute atomic E-state index is 0.345. The summed E-state index contributed by atoms with van der Waals surface area (Å²) in [4.78, 5) is 27.4. The number of carbonyl (C=O) groups is 2. The molecular weight excluding hydrogens is 374 g/mol. The highest BCUT2D eigenvalue weighted by Gasteiger charge is 2.34. The molecule has 0 saturated carbocycles. The van der Waals surface area contributed by atoms with E-state index in [9.17, 15) is 9.59 Å². The lowest BCUT2D eigenvalue weighted by molar-refractivity contribution is -0.136. The molecule has 2 aliphatic rings. The monoisotopic (exact) mass is 403 g/mol. The molecule has 158 valence electrons. The fourth-order valence-electron chi connectivity index (χ4n) is 3.89. The molecule has 29 heavy (non-hydrogen) atoms. The molecule has 1 fully saturated rings. The first kappa shape index (κ1) is 21.0. The van der Waals surface area contributed by atoms with E-state index in [0.717, 1.165) is 25.9 Å². The van der Waals surface area contributed by atoms with Gasteiger partial charge in [-0.15, -0.1) is 0 Å². The van der Waals surface area contributed by atoms with Crippen LogP contribution in [-0.2, 0) is 9.53 Å². The number of benzene rings is 1. The molecule has 1 aromatic carbocycles. The number of rotatable bonds is 6. The molecular formula is C21H29N3O5. The molecule has 1 saturated heterocycles. The van der Waals surface area contributed by atoms with Crippen molar-refractivity contribution in [3.05, 3.63) is 35.0 Å². The highest BCUT2D eigenvalue weighted by Crippen LogP contribution is 2.34. The van der Waals surface area contributed by atoms with Gasteiger partial charge in [-0.1, -0.05) is 18.9 Å². The van der Waals surface area contributed by atoms with Gasteiger partial charge in [0.15, 0.2) is 11.5 Å². The Balaban J connectivity index is 1.99. The van der Waals surface area contributed by atoms with Gasteiger partial charge in [0.1, 0.15) is 0 Å². The maximum Gasteiger partial charge on any atom is 0.338 e. The van der Waals surface area contributed by atoms with Crippen LogP contribution in [-0.4, -0.2) is 57.9 Å². The van der Waals surface area contributed by atoms with Crippen molar-refractivity contribution in [2.75, 3.05) is 41.0 Å². The minimum Gasteiger partial charge on any atom is -0.493 e. The zero-order valence-electron chi connectivity index (χ0n) is 17.2. The summed E-state index contributed by atoms with van der Waals surface area (Å²) in [5.74, 6) is 0.628. The molecule has 0 aliphatic carbocycles. The van der Waals surface area contributed by atoms with Crippen LogP contribution < -0.4 is 20.1 Å². The third-order valence-corrected chi connectivity index (χ3v) is 5.38. The van der Waals surface area contributed by atoms with Crippen molar-refractivity contribution >= 4 is 12.0 Å². The van der Waals surface area contributed by atoms with E-state index in [-0.39, 0.29) is 6.03 Å². The summed E-state index contributed by atoms with van der Waals surface area (Å²) in [5.41, 5.74) is 1.71. The molecule has 0 bridgehead atoms. The van der Waals surface area contributed by atoms with Crippen LogP contribution in [0.2, 0.25) is 0 Å².